The predicted octanol–water partition coefficient (Wildman–Crippen LogP) is 4.63. The van der Waals surface area contributed by atoms with Gasteiger partial charge in [-0.2, -0.15) is 18.2 Å². The maximum atomic E-state index is 13.2. The number of hydrogen-bond acceptors (Lipinski definition) is 6. The summed E-state index contributed by atoms with van der Waals surface area (Å²) in [7, 11) is 0. The van der Waals surface area contributed by atoms with Gasteiger partial charge in [0.1, 0.15) is 5.82 Å². The number of para-hydroxylation sites is 1. The van der Waals surface area contributed by atoms with Gasteiger partial charge in [0.05, 0.1) is 11.3 Å². The molecule has 1 saturated heterocycles. The molecule has 33 heavy (non-hydrogen) atoms. The van der Waals surface area contributed by atoms with E-state index in [1.54, 1.807) is 6.20 Å². The van der Waals surface area contributed by atoms with E-state index in [4.69, 9.17) is 4.52 Å². The number of halogens is 3. The fourth-order valence-electron chi connectivity index (χ4n) is 3.46. The van der Waals surface area contributed by atoms with Gasteiger partial charge in [0.25, 0.3) is 0 Å². The van der Waals surface area contributed by atoms with Crippen LogP contribution in [-0.4, -0.2) is 52.2 Å². The molecular weight excluding hydrogens is 437 g/mol. The van der Waals surface area contributed by atoms with Crippen molar-refractivity contribution in [3.63, 3.8) is 0 Å². The number of pyridine rings is 1. The Bertz CT molecular complexity index is 1110. The van der Waals surface area contributed by atoms with Gasteiger partial charge >= 0.3 is 12.2 Å². The normalized spacial score (nSPS) is 14.6. The zero-order chi connectivity index (χ0) is 23.6. The fourth-order valence-corrected chi connectivity index (χ4v) is 3.46. The highest BCUT2D eigenvalue weighted by atomic mass is 19.4. The minimum atomic E-state index is -4.54. The lowest BCUT2D eigenvalue weighted by molar-refractivity contribution is -0.136. The fraction of sp³-hybridized carbons (Fsp3) is 0.364. The van der Waals surface area contributed by atoms with Crippen molar-refractivity contribution in [1.82, 2.24) is 20.0 Å². The third-order valence-electron chi connectivity index (χ3n) is 5.31. The monoisotopic (exact) mass is 460 g/mol. The van der Waals surface area contributed by atoms with Crippen LogP contribution in [0, 0.1) is 0 Å². The Balaban J connectivity index is 1.36. The van der Waals surface area contributed by atoms with E-state index in [1.807, 2.05) is 30.9 Å². The summed E-state index contributed by atoms with van der Waals surface area (Å²) in [5.74, 6) is 1.89. The molecule has 0 saturated carbocycles. The molecule has 1 aromatic carbocycles. The van der Waals surface area contributed by atoms with E-state index < -0.39 is 17.8 Å². The minimum Gasteiger partial charge on any atom is -0.353 e. The van der Waals surface area contributed by atoms with Gasteiger partial charge in [-0.05, 0) is 24.3 Å². The van der Waals surface area contributed by atoms with Crippen molar-refractivity contribution in [3.8, 4) is 11.4 Å². The van der Waals surface area contributed by atoms with E-state index in [-0.39, 0.29) is 11.6 Å². The molecule has 3 heterocycles. The summed E-state index contributed by atoms with van der Waals surface area (Å²) < 4.78 is 44.7. The van der Waals surface area contributed by atoms with Crippen molar-refractivity contribution in [3.05, 3.63) is 54.0 Å². The first-order valence-corrected chi connectivity index (χ1v) is 10.5. The quantitative estimate of drug-likeness (QED) is 0.611. The number of amides is 2. The first-order valence-electron chi connectivity index (χ1n) is 10.5. The van der Waals surface area contributed by atoms with E-state index >= 15 is 0 Å². The Morgan fingerprint density at radius 1 is 1.09 bits per heavy atom. The van der Waals surface area contributed by atoms with Crippen LogP contribution in [-0.2, 0) is 6.18 Å². The molecule has 0 radical (unpaired) electrons. The van der Waals surface area contributed by atoms with Gasteiger partial charge in [-0.3, -0.25) is 0 Å². The summed E-state index contributed by atoms with van der Waals surface area (Å²) in [5, 5.41) is 6.36. The number of benzene rings is 1. The average molecular weight is 460 g/mol. The highest BCUT2D eigenvalue weighted by molar-refractivity contribution is 5.90. The Hall–Kier alpha value is -3.63. The number of carbonyl (C=O) groups is 1. The molecule has 1 aliphatic rings. The first-order chi connectivity index (χ1) is 15.7. The van der Waals surface area contributed by atoms with E-state index in [1.165, 1.54) is 23.1 Å². The van der Waals surface area contributed by atoms with E-state index in [2.05, 4.69) is 20.4 Å². The Kier molecular flexibility index (Phi) is 6.21. The number of anilines is 2. The average Bonchev–Trinajstić information content (AvgIpc) is 3.30. The number of nitrogens with one attached hydrogen (secondary N) is 1. The van der Waals surface area contributed by atoms with E-state index in [0.717, 1.165) is 17.4 Å². The first kappa shape index (κ1) is 22.6. The van der Waals surface area contributed by atoms with Gasteiger partial charge in [-0.25, -0.2) is 9.78 Å². The molecule has 3 aromatic rings. The SMILES string of the molecule is CC(C)c1nc(-c2ccc(N3CCN(C(=O)Nc4ccccc4C(F)(F)F)CC3)nc2)no1. The number of hydrogen-bond donors (Lipinski definition) is 1. The predicted molar refractivity (Wildman–Crippen MR) is 116 cm³/mol. The van der Waals surface area contributed by atoms with Gasteiger partial charge in [-0.1, -0.05) is 31.1 Å². The number of alkyl halides is 3. The molecule has 2 aromatic heterocycles. The van der Waals surface area contributed by atoms with Crippen LogP contribution in [0.1, 0.15) is 31.2 Å². The van der Waals surface area contributed by atoms with Gasteiger partial charge in [0.2, 0.25) is 11.7 Å². The number of rotatable bonds is 4. The van der Waals surface area contributed by atoms with Crippen LogP contribution < -0.4 is 10.2 Å². The van der Waals surface area contributed by atoms with E-state index in [9.17, 15) is 18.0 Å². The molecule has 0 spiro atoms. The molecule has 0 atom stereocenters. The molecule has 1 aliphatic heterocycles. The summed E-state index contributed by atoms with van der Waals surface area (Å²) in [6, 6.07) is 8.07. The van der Waals surface area contributed by atoms with Gasteiger partial charge in [-0.15, -0.1) is 0 Å². The third kappa shape index (κ3) is 5.07. The minimum absolute atomic E-state index is 0.133. The molecule has 174 valence electrons. The van der Waals surface area contributed by atoms with Gasteiger partial charge < -0.3 is 19.6 Å². The molecule has 1 N–H and O–H groups in total. The van der Waals surface area contributed by atoms with Crippen molar-refractivity contribution < 1.29 is 22.5 Å². The molecule has 0 unspecified atom stereocenters. The second-order valence-corrected chi connectivity index (χ2v) is 7.96. The topological polar surface area (TPSA) is 87.4 Å². The Morgan fingerprint density at radius 2 is 1.82 bits per heavy atom. The summed E-state index contributed by atoms with van der Waals surface area (Å²) in [6.07, 6.45) is -2.88. The Labute approximate surface area is 188 Å². The Morgan fingerprint density at radius 3 is 2.42 bits per heavy atom. The highest BCUT2D eigenvalue weighted by Crippen LogP contribution is 2.34. The van der Waals surface area contributed by atoms with Gasteiger partial charge in [0.15, 0.2) is 0 Å². The number of carbonyl (C=O) groups excluding carboxylic acids is 1. The zero-order valence-electron chi connectivity index (χ0n) is 18.1. The zero-order valence-corrected chi connectivity index (χ0v) is 18.1. The lowest BCUT2D eigenvalue weighted by atomic mass is 10.1. The maximum Gasteiger partial charge on any atom is 0.418 e. The highest BCUT2D eigenvalue weighted by Gasteiger charge is 2.34. The van der Waals surface area contributed by atoms with Crippen LogP contribution in [0.5, 0.6) is 0 Å². The summed E-state index contributed by atoms with van der Waals surface area (Å²) in [5.41, 5.74) is -0.393. The number of urea groups is 1. The molecule has 8 nitrogen and oxygen atoms in total. The lowest BCUT2D eigenvalue weighted by Gasteiger charge is -2.35. The van der Waals surface area contributed by atoms with E-state index in [0.29, 0.717) is 37.9 Å². The second-order valence-electron chi connectivity index (χ2n) is 7.96. The smallest absolute Gasteiger partial charge is 0.353 e. The molecule has 4 rings (SSSR count). The lowest BCUT2D eigenvalue weighted by Crippen LogP contribution is -2.50. The van der Waals surface area contributed by atoms with Crippen molar-refractivity contribution in [1.29, 1.82) is 0 Å². The summed E-state index contributed by atoms with van der Waals surface area (Å²) >= 11 is 0. The van der Waals surface area contributed by atoms with Crippen LogP contribution in [0.15, 0.2) is 47.1 Å². The third-order valence-corrected chi connectivity index (χ3v) is 5.31. The van der Waals surface area contributed by atoms with Crippen molar-refractivity contribution in [2.45, 2.75) is 25.9 Å². The molecule has 0 bridgehead atoms. The molecule has 2 amide bonds. The number of nitrogens with zero attached hydrogens (tertiary/aromatic N) is 5. The van der Waals surface area contributed by atoms with Crippen LogP contribution >= 0.6 is 0 Å². The number of aromatic nitrogens is 3. The standard InChI is InChI=1S/C22H23F3N6O2/c1-14(2)20-28-19(29-33-20)15-7-8-18(26-13-15)30-9-11-31(12-10-30)21(32)27-17-6-4-3-5-16(17)22(23,24)25/h3-8,13-14H,9-12H2,1-2H3,(H,27,32). The van der Waals surface area contributed by atoms with Crippen LogP contribution in [0.2, 0.25) is 0 Å². The van der Waals surface area contributed by atoms with Gasteiger partial charge in [0, 0.05) is 43.9 Å². The summed E-state index contributed by atoms with van der Waals surface area (Å²) in [4.78, 5) is 24.9. The molecule has 1 fully saturated rings. The van der Waals surface area contributed by atoms with Crippen molar-refractivity contribution in [2.75, 3.05) is 36.4 Å². The van der Waals surface area contributed by atoms with Crippen LogP contribution in [0.4, 0.5) is 29.5 Å². The molecule has 11 heteroatoms. The molecular formula is C22H23F3N6O2. The summed E-state index contributed by atoms with van der Waals surface area (Å²) in [6.45, 7) is 5.64. The van der Waals surface area contributed by atoms with Crippen molar-refractivity contribution >= 4 is 17.5 Å². The van der Waals surface area contributed by atoms with Crippen molar-refractivity contribution in [2.24, 2.45) is 0 Å². The van der Waals surface area contributed by atoms with Crippen LogP contribution in [0.3, 0.4) is 0 Å². The van der Waals surface area contributed by atoms with Crippen LogP contribution in [0.25, 0.3) is 11.4 Å². The molecule has 0 aliphatic carbocycles. The second kappa shape index (κ2) is 9.08. The maximum absolute atomic E-state index is 13.2. The number of piperazine rings is 1. The largest absolute Gasteiger partial charge is 0.418 e.